The minimum absolute atomic E-state index is 0.427. The van der Waals surface area contributed by atoms with Gasteiger partial charge in [0, 0.05) is 17.9 Å². The molecule has 0 radical (unpaired) electrons. The SMILES string of the molecule is CCNC(CCc1ccsc1)c1ccnc(C)c1. The molecule has 96 valence electrons. The first-order chi connectivity index (χ1) is 8.79. The Morgan fingerprint density at radius 1 is 1.39 bits per heavy atom. The third kappa shape index (κ3) is 3.65. The molecule has 2 heterocycles. The van der Waals surface area contributed by atoms with Crippen LogP contribution < -0.4 is 5.32 Å². The first kappa shape index (κ1) is 13.2. The Morgan fingerprint density at radius 2 is 2.28 bits per heavy atom. The second kappa shape index (κ2) is 6.66. The van der Waals surface area contributed by atoms with E-state index in [1.54, 1.807) is 11.3 Å². The second-order valence-electron chi connectivity index (χ2n) is 4.51. The predicted molar refractivity (Wildman–Crippen MR) is 78.0 cm³/mol. The van der Waals surface area contributed by atoms with Crippen molar-refractivity contribution in [3.8, 4) is 0 Å². The van der Waals surface area contributed by atoms with Gasteiger partial charge in [-0.25, -0.2) is 0 Å². The van der Waals surface area contributed by atoms with Crippen molar-refractivity contribution in [2.45, 2.75) is 32.7 Å². The molecular weight excluding hydrogens is 240 g/mol. The molecule has 1 N–H and O–H groups in total. The van der Waals surface area contributed by atoms with E-state index >= 15 is 0 Å². The highest BCUT2D eigenvalue weighted by Crippen LogP contribution is 2.20. The predicted octanol–water partition coefficient (Wildman–Crippen LogP) is 3.73. The van der Waals surface area contributed by atoms with Crippen molar-refractivity contribution >= 4 is 11.3 Å². The van der Waals surface area contributed by atoms with E-state index in [0.29, 0.717) is 6.04 Å². The minimum Gasteiger partial charge on any atom is -0.310 e. The van der Waals surface area contributed by atoms with Crippen LogP contribution in [-0.4, -0.2) is 11.5 Å². The van der Waals surface area contributed by atoms with Gasteiger partial charge in [0.2, 0.25) is 0 Å². The van der Waals surface area contributed by atoms with Gasteiger partial charge in [-0.2, -0.15) is 11.3 Å². The number of hydrogen-bond acceptors (Lipinski definition) is 3. The summed E-state index contributed by atoms with van der Waals surface area (Å²) in [7, 11) is 0. The van der Waals surface area contributed by atoms with Crippen LogP contribution in [0.15, 0.2) is 35.2 Å². The average Bonchev–Trinajstić information content (AvgIpc) is 2.87. The Labute approximate surface area is 113 Å². The number of aromatic nitrogens is 1. The van der Waals surface area contributed by atoms with Crippen LogP contribution >= 0.6 is 11.3 Å². The van der Waals surface area contributed by atoms with Crippen molar-refractivity contribution in [3.05, 3.63) is 52.0 Å². The fourth-order valence-electron chi connectivity index (χ4n) is 2.16. The van der Waals surface area contributed by atoms with E-state index in [9.17, 15) is 0 Å². The summed E-state index contributed by atoms with van der Waals surface area (Å²) in [4.78, 5) is 4.27. The first-order valence-electron chi connectivity index (χ1n) is 6.46. The molecular formula is C15H20N2S. The standard InChI is InChI=1S/C15H20N2S/c1-3-16-15(5-4-13-7-9-18-11-13)14-6-8-17-12(2)10-14/h6-11,15-16H,3-5H2,1-2H3. The molecule has 0 amide bonds. The van der Waals surface area contributed by atoms with Gasteiger partial charge in [0.05, 0.1) is 0 Å². The van der Waals surface area contributed by atoms with Gasteiger partial charge in [0.15, 0.2) is 0 Å². The van der Waals surface area contributed by atoms with Crippen LogP contribution in [0.2, 0.25) is 0 Å². The van der Waals surface area contributed by atoms with Gasteiger partial charge in [-0.1, -0.05) is 6.92 Å². The molecule has 2 rings (SSSR count). The van der Waals surface area contributed by atoms with Crippen molar-refractivity contribution in [2.75, 3.05) is 6.54 Å². The Morgan fingerprint density at radius 3 is 2.94 bits per heavy atom. The zero-order valence-electron chi connectivity index (χ0n) is 11.0. The molecule has 0 bridgehead atoms. The van der Waals surface area contributed by atoms with Crippen LogP contribution in [0.5, 0.6) is 0 Å². The van der Waals surface area contributed by atoms with Crippen LogP contribution in [0.25, 0.3) is 0 Å². The van der Waals surface area contributed by atoms with Gasteiger partial charge in [-0.3, -0.25) is 4.98 Å². The number of nitrogens with zero attached hydrogens (tertiary/aromatic N) is 1. The Kier molecular flexibility index (Phi) is 4.90. The fraction of sp³-hybridized carbons (Fsp3) is 0.400. The first-order valence-corrected chi connectivity index (χ1v) is 7.41. The van der Waals surface area contributed by atoms with Crippen LogP contribution in [-0.2, 0) is 6.42 Å². The molecule has 0 aromatic carbocycles. The molecule has 0 saturated carbocycles. The number of thiophene rings is 1. The molecule has 0 saturated heterocycles. The van der Waals surface area contributed by atoms with Gasteiger partial charge >= 0.3 is 0 Å². The van der Waals surface area contributed by atoms with E-state index in [1.807, 2.05) is 13.1 Å². The third-order valence-electron chi connectivity index (χ3n) is 3.08. The molecule has 0 aliphatic carbocycles. The zero-order valence-corrected chi connectivity index (χ0v) is 11.8. The van der Waals surface area contributed by atoms with E-state index in [1.165, 1.54) is 11.1 Å². The molecule has 1 atom stereocenters. The number of hydrogen-bond donors (Lipinski definition) is 1. The monoisotopic (exact) mass is 260 g/mol. The maximum atomic E-state index is 4.27. The number of nitrogens with one attached hydrogen (secondary N) is 1. The second-order valence-corrected chi connectivity index (χ2v) is 5.29. The third-order valence-corrected chi connectivity index (χ3v) is 3.81. The number of pyridine rings is 1. The minimum atomic E-state index is 0.427. The molecule has 0 aliphatic rings. The summed E-state index contributed by atoms with van der Waals surface area (Å²) in [6, 6.07) is 6.94. The van der Waals surface area contributed by atoms with Crippen molar-refractivity contribution in [2.24, 2.45) is 0 Å². The number of rotatable bonds is 6. The maximum absolute atomic E-state index is 4.27. The zero-order chi connectivity index (χ0) is 12.8. The lowest BCUT2D eigenvalue weighted by atomic mass is 10.0. The summed E-state index contributed by atoms with van der Waals surface area (Å²) in [5.41, 5.74) is 3.87. The molecule has 0 spiro atoms. The summed E-state index contributed by atoms with van der Waals surface area (Å²) in [5, 5.41) is 7.95. The Bertz CT molecular complexity index is 465. The lowest BCUT2D eigenvalue weighted by Gasteiger charge is -2.18. The summed E-state index contributed by atoms with van der Waals surface area (Å²) in [6.45, 7) is 5.20. The lowest BCUT2D eigenvalue weighted by Crippen LogP contribution is -2.21. The maximum Gasteiger partial charge on any atom is 0.0375 e. The highest BCUT2D eigenvalue weighted by Gasteiger charge is 2.10. The Balaban J connectivity index is 2.03. The van der Waals surface area contributed by atoms with Crippen molar-refractivity contribution in [1.82, 2.24) is 10.3 Å². The highest BCUT2D eigenvalue weighted by molar-refractivity contribution is 7.07. The summed E-state index contributed by atoms with van der Waals surface area (Å²) < 4.78 is 0. The van der Waals surface area contributed by atoms with Crippen molar-refractivity contribution in [3.63, 3.8) is 0 Å². The quantitative estimate of drug-likeness (QED) is 0.856. The summed E-state index contributed by atoms with van der Waals surface area (Å²) in [6.07, 6.45) is 4.16. The van der Waals surface area contributed by atoms with E-state index in [4.69, 9.17) is 0 Å². The molecule has 2 nitrogen and oxygen atoms in total. The van der Waals surface area contributed by atoms with E-state index in [-0.39, 0.29) is 0 Å². The topological polar surface area (TPSA) is 24.9 Å². The molecule has 2 aromatic heterocycles. The van der Waals surface area contributed by atoms with Crippen LogP contribution in [0, 0.1) is 6.92 Å². The molecule has 3 heteroatoms. The van der Waals surface area contributed by atoms with Crippen LogP contribution in [0.3, 0.4) is 0 Å². The van der Waals surface area contributed by atoms with E-state index < -0.39 is 0 Å². The normalized spacial score (nSPS) is 12.6. The molecule has 18 heavy (non-hydrogen) atoms. The van der Waals surface area contributed by atoms with Gasteiger partial charge in [-0.05, 0) is 66.4 Å². The molecule has 2 aromatic rings. The van der Waals surface area contributed by atoms with Gasteiger partial charge in [-0.15, -0.1) is 0 Å². The van der Waals surface area contributed by atoms with Crippen LogP contribution in [0.4, 0.5) is 0 Å². The van der Waals surface area contributed by atoms with Crippen molar-refractivity contribution in [1.29, 1.82) is 0 Å². The number of aryl methyl sites for hydroxylation is 2. The van der Waals surface area contributed by atoms with Crippen LogP contribution in [0.1, 0.15) is 36.2 Å². The van der Waals surface area contributed by atoms with Gasteiger partial charge in [0.1, 0.15) is 0 Å². The van der Waals surface area contributed by atoms with Gasteiger partial charge < -0.3 is 5.32 Å². The molecule has 0 aliphatic heterocycles. The highest BCUT2D eigenvalue weighted by atomic mass is 32.1. The summed E-state index contributed by atoms with van der Waals surface area (Å²) >= 11 is 1.77. The van der Waals surface area contributed by atoms with Gasteiger partial charge in [0.25, 0.3) is 0 Å². The largest absolute Gasteiger partial charge is 0.310 e. The Hall–Kier alpha value is -1.19. The lowest BCUT2D eigenvalue weighted by molar-refractivity contribution is 0.515. The average molecular weight is 260 g/mol. The molecule has 1 unspecified atom stereocenters. The van der Waals surface area contributed by atoms with Crippen molar-refractivity contribution < 1.29 is 0 Å². The smallest absolute Gasteiger partial charge is 0.0375 e. The van der Waals surface area contributed by atoms with E-state index in [0.717, 1.165) is 25.1 Å². The fourth-order valence-corrected chi connectivity index (χ4v) is 2.87. The summed E-state index contributed by atoms with van der Waals surface area (Å²) in [5.74, 6) is 0. The van der Waals surface area contributed by atoms with E-state index in [2.05, 4.69) is 46.2 Å². The molecule has 0 fully saturated rings.